The van der Waals surface area contributed by atoms with Gasteiger partial charge in [0.25, 0.3) is 0 Å². The van der Waals surface area contributed by atoms with Crippen molar-refractivity contribution in [3.63, 3.8) is 0 Å². The Morgan fingerprint density at radius 1 is 1.29 bits per heavy atom. The molecule has 1 amide bonds. The zero-order valence-electron chi connectivity index (χ0n) is 9.04. The molecule has 2 rings (SSSR count). The van der Waals surface area contributed by atoms with Crippen molar-refractivity contribution in [2.45, 2.75) is 38.1 Å². The number of hydrogen-bond donors (Lipinski definition) is 0. The Morgan fingerprint density at radius 2 is 2.14 bits per heavy atom. The SMILES string of the molecule is CN1CCCCC1CN1CCCC1=O. The van der Waals surface area contributed by atoms with Gasteiger partial charge in [-0.25, -0.2) is 0 Å². The lowest BCUT2D eigenvalue weighted by Crippen LogP contribution is -2.45. The average molecular weight is 196 g/mol. The molecule has 0 aromatic rings. The molecule has 1 atom stereocenters. The van der Waals surface area contributed by atoms with Gasteiger partial charge < -0.3 is 9.80 Å². The summed E-state index contributed by atoms with van der Waals surface area (Å²) >= 11 is 0. The topological polar surface area (TPSA) is 23.6 Å². The van der Waals surface area contributed by atoms with E-state index in [2.05, 4.69) is 11.9 Å². The van der Waals surface area contributed by atoms with Crippen molar-refractivity contribution in [1.29, 1.82) is 0 Å². The lowest BCUT2D eigenvalue weighted by Gasteiger charge is -2.35. The van der Waals surface area contributed by atoms with Crippen molar-refractivity contribution in [1.82, 2.24) is 9.80 Å². The molecule has 2 fully saturated rings. The third-order valence-corrected chi connectivity index (χ3v) is 3.52. The third kappa shape index (κ3) is 2.08. The predicted octanol–water partition coefficient (Wildman–Crippen LogP) is 1.09. The Balaban J connectivity index is 1.86. The number of piperidine rings is 1. The van der Waals surface area contributed by atoms with Crippen molar-refractivity contribution in [3.8, 4) is 0 Å². The molecule has 0 aromatic carbocycles. The fraction of sp³-hybridized carbons (Fsp3) is 0.909. The van der Waals surface area contributed by atoms with Crippen LogP contribution in [0.3, 0.4) is 0 Å². The summed E-state index contributed by atoms with van der Waals surface area (Å²) in [5, 5.41) is 0. The maximum atomic E-state index is 11.5. The van der Waals surface area contributed by atoms with Crippen LogP contribution in [-0.4, -0.2) is 48.4 Å². The molecule has 14 heavy (non-hydrogen) atoms. The van der Waals surface area contributed by atoms with E-state index in [-0.39, 0.29) is 0 Å². The van der Waals surface area contributed by atoms with Crippen molar-refractivity contribution in [3.05, 3.63) is 0 Å². The first-order valence-corrected chi connectivity index (χ1v) is 5.75. The number of likely N-dealkylation sites (N-methyl/N-ethyl adjacent to an activating group) is 1. The van der Waals surface area contributed by atoms with Crippen LogP contribution in [0, 0.1) is 0 Å². The minimum absolute atomic E-state index is 0.365. The quantitative estimate of drug-likeness (QED) is 0.660. The van der Waals surface area contributed by atoms with Crippen LogP contribution in [0.4, 0.5) is 0 Å². The zero-order valence-corrected chi connectivity index (χ0v) is 9.04. The van der Waals surface area contributed by atoms with Crippen LogP contribution in [0.25, 0.3) is 0 Å². The zero-order chi connectivity index (χ0) is 9.97. The molecule has 2 aliphatic heterocycles. The largest absolute Gasteiger partial charge is 0.341 e. The predicted molar refractivity (Wildman–Crippen MR) is 56.1 cm³/mol. The number of likely N-dealkylation sites (tertiary alicyclic amines) is 2. The number of hydrogen-bond acceptors (Lipinski definition) is 2. The maximum Gasteiger partial charge on any atom is 0.222 e. The monoisotopic (exact) mass is 196 g/mol. The van der Waals surface area contributed by atoms with Gasteiger partial charge in [-0.1, -0.05) is 6.42 Å². The molecule has 0 bridgehead atoms. The van der Waals surface area contributed by atoms with Gasteiger partial charge in [0.15, 0.2) is 0 Å². The Morgan fingerprint density at radius 3 is 2.79 bits per heavy atom. The smallest absolute Gasteiger partial charge is 0.222 e. The van der Waals surface area contributed by atoms with Crippen LogP contribution >= 0.6 is 0 Å². The van der Waals surface area contributed by atoms with Crippen LogP contribution in [0.1, 0.15) is 32.1 Å². The van der Waals surface area contributed by atoms with Gasteiger partial charge in [0.1, 0.15) is 0 Å². The molecule has 80 valence electrons. The molecule has 0 N–H and O–H groups in total. The molecule has 0 saturated carbocycles. The van der Waals surface area contributed by atoms with Gasteiger partial charge in [-0.2, -0.15) is 0 Å². The average Bonchev–Trinajstić information content (AvgIpc) is 2.56. The standard InChI is InChI=1S/C11H20N2O/c1-12-7-3-2-5-10(12)9-13-8-4-6-11(13)14/h10H,2-9H2,1H3. The van der Waals surface area contributed by atoms with Crippen molar-refractivity contribution < 1.29 is 4.79 Å². The first kappa shape index (κ1) is 9.97. The lowest BCUT2D eigenvalue weighted by molar-refractivity contribution is -0.128. The summed E-state index contributed by atoms with van der Waals surface area (Å²) in [6.45, 7) is 3.16. The van der Waals surface area contributed by atoms with E-state index in [1.165, 1.54) is 25.8 Å². The van der Waals surface area contributed by atoms with E-state index < -0.39 is 0 Å². The molecule has 2 saturated heterocycles. The molecule has 0 spiro atoms. The van der Waals surface area contributed by atoms with Crippen molar-refractivity contribution in [2.75, 3.05) is 26.7 Å². The third-order valence-electron chi connectivity index (χ3n) is 3.52. The van der Waals surface area contributed by atoms with Crippen LogP contribution < -0.4 is 0 Å². The molecular weight excluding hydrogens is 176 g/mol. The first-order chi connectivity index (χ1) is 6.77. The molecule has 0 aromatic heterocycles. The molecule has 2 heterocycles. The van der Waals surface area contributed by atoms with Gasteiger partial charge in [-0.05, 0) is 32.9 Å². The van der Waals surface area contributed by atoms with Crippen LogP contribution in [-0.2, 0) is 4.79 Å². The van der Waals surface area contributed by atoms with E-state index >= 15 is 0 Å². The summed E-state index contributed by atoms with van der Waals surface area (Å²) in [4.78, 5) is 15.9. The summed E-state index contributed by atoms with van der Waals surface area (Å²) < 4.78 is 0. The Labute approximate surface area is 86.1 Å². The van der Waals surface area contributed by atoms with Gasteiger partial charge in [0, 0.05) is 25.6 Å². The van der Waals surface area contributed by atoms with E-state index in [9.17, 15) is 4.79 Å². The number of rotatable bonds is 2. The van der Waals surface area contributed by atoms with E-state index in [0.717, 1.165) is 25.9 Å². The van der Waals surface area contributed by atoms with E-state index in [4.69, 9.17) is 0 Å². The highest BCUT2D eigenvalue weighted by atomic mass is 16.2. The number of carbonyl (C=O) groups excluding carboxylic acids is 1. The number of amides is 1. The number of carbonyl (C=O) groups is 1. The highest BCUT2D eigenvalue weighted by Crippen LogP contribution is 2.18. The summed E-state index contributed by atoms with van der Waals surface area (Å²) in [6.07, 6.45) is 5.75. The van der Waals surface area contributed by atoms with Gasteiger partial charge >= 0.3 is 0 Å². The van der Waals surface area contributed by atoms with Gasteiger partial charge in [-0.3, -0.25) is 4.79 Å². The highest BCUT2D eigenvalue weighted by Gasteiger charge is 2.26. The van der Waals surface area contributed by atoms with Crippen LogP contribution in [0.2, 0.25) is 0 Å². The molecule has 1 unspecified atom stereocenters. The van der Waals surface area contributed by atoms with Crippen molar-refractivity contribution in [2.24, 2.45) is 0 Å². The molecule has 3 heteroatoms. The second-order valence-electron chi connectivity index (χ2n) is 4.57. The Hall–Kier alpha value is -0.570. The van der Waals surface area contributed by atoms with Gasteiger partial charge in [-0.15, -0.1) is 0 Å². The molecule has 3 nitrogen and oxygen atoms in total. The summed E-state index contributed by atoms with van der Waals surface area (Å²) in [5.74, 6) is 0.365. The van der Waals surface area contributed by atoms with Crippen LogP contribution in [0.5, 0.6) is 0 Å². The molecular formula is C11H20N2O. The van der Waals surface area contributed by atoms with Gasteiger partial charge in [0.2, 0.25) is 5.91 Å². The Bertz CT molecular complexity index is 217. The second kappa shape index (κ2) is 4.30. The molecule has 0 aliphatic carbocycles. The van der Waals surface area contributed by atoms with Crippen LogP contribution in [0.15, 0.2) is 0 Å². The van der Waals surface area contributed by atoms with Crippen molar-refractivity contribution >= 4 is 5.91 Å². The fourth-order valence-corrected chi connectivity index (χ4v) is 2.53. The van der Waals surface area contributed by atoms with Gasteiger partial charge in [0.05, 0.1) is 0 Å². The lowest BCUT2D eigenvalue weighted by atomic mass is 10.0. The molecule has 2 aliphatic rings. The normalized spacial score (nSPS) is 29.9. The highest BCUT2D eigenvalue weighted by molar-refractivity contribution is 5.78. The van der Waals surface area contributed by atoms with E-state index in [0.29, 0.717) is 11.9 Å². The van der Waals surface area contributed by atoms with E-state index in [1.54, 1.807) is 0 Å². The minimum Gasteiger partial charge on any atom is -0.341 e. The summed E-state index contributed by atoms with van der Waals surface area (Å²) in [7, 11) is 2.18. The summed E-state index contributed by atoms with van der Waals surface area (Å²) in [5.41, 5.74) is 0. The summed E-state index contributed by atoms with van der Waals surface area (Å²) in [6, 6.07) is 0.616. The minimum atomic E-state index is 0.365. The molecule has 0 radical (unpaired) electrons. The van der Waals surface area contributed by atoms with E-state index in [1.807, 2.05) is 4.90 Å². The first-order valence-electron chi connectivity index (χ1n) is 5.75. The Kier molecular flexibility index (Phi) is 3.06. The second-order valence-corrected chi connectivity index (χ2v) is 4.57. The fourth-order valence-electron chi connectivity index (χ4n) is 2.53. The maximum absolute atomic E-state index is 11.5. The number of nitrogens with zero attached hydrogens (tertiary/aromatic N) is 2.